The predicted molar refractivity (Wildman–Crippen MR) is 82.5 cm³/mol. The molecule has 0 saturated carbocycles. The Bertz CT molecular complexity index is 565. The van der Waals surface area contributed by atoms with Gasteiger partial charge < -0.3 is 14.5 Å². The van der Waals surface area contributed by atoms with Crippen molar-refractivity contribution in [3.8, 4) is 0 Å². The van der Waals surface area contributed by atoms with E-state index >= 15 is 0 Å². The van der Waals surface area contributed by atoms with Gasteiger partial charge in [0.15, 0.2) is 0 Å². The first-order valence-corrected chi connectivity index (χ1v) is 7.73. The van der Waals surface area contributed by atoms with Crippen molar-refractivity contribution >= 4 is 12.0 Å². The number of nitrogens with zero attached hydrogens (tertiary/aromatic N) is 2. The van der Waals surface area contributed by atoms with Crippen LogP contribution in [0, 0.1) is 0 Å². The van der Waals surface area contributed by atoms with Crippen LogP contribution in [0.5, 0.6) is 0 Å². The van der Waals surface area contributed by atoms with Gasteiger partial charge in [0.25, 0.3) is 0 Å². The third kappa shape index (κ3) is 2.34. The van der Waals surface area contributed by atoms with Crippen LogP contribution < -0.4 is 0 Å². The van der Waals surface area contributed by atoms with Crippen molar-refractivity contribution in [3.05, 3.63) is 35.9 Å². The molecule has 2 amide bonds. The van der Waals surface area contributed by atoms with E-state index in [9.17, 15) is 9.59 Å². The lowest BCUT2D eigenvalue weighted by atomic mass is 9.81. The van der Waals surface area contributed by atoms with Gasteiger partial charge in [-0.3, -0.25) is 4.79 Å². The molecule has 1 aromatic carbocycles. The van der Waals surface area contributed by atoms with Gasteiger partial charge in [0.05, 0.1) is 13.0 Å². The second-order valence-corrected chi connectivity index (χ2v) is 6.25. The number of piperidine rings is 1. The molecule has 1 aromatic rings. The molecule has 2 fully saturated rings. The second kappa shape index (κ2) is 5.63. The molecule has 1 spiro atoms. The summed E-state index contributed by atoms with van der Waals surface area (Å²) in [4.78, 5) is 27.9. The van der Waals surface area contributed by atoms with E-state index in [1.165, 1.54) is 7.11 Å². The number of carbonyl (C=O) groups excluding carboxylic acids is 2. The molecule has 0 aromatic heterocycles. The van der Waals surface area contributed by atoms with Gasteiger partial charge in [-0.2, -0.15) is 0 Å². The zero-order valence-corrected chi connectivity index (χ0v) is 13.1. The van der Waals surface area contributed by atoms with E-state index in [0.29, 0.717) is 13.1 Å². The number of hydrogen-bond donors (Lipinski definition) is 0. The van der Waals surface area contributed by atoms with E-state index in [1.807, 2.05) is 42.3 Å². The Hall–Kier alpha value is -2.04. The molecule has 5 nitrogen and oxygen atoms in total. The molecular weight excluding hydrogens is 280 g/mol. The van der Waals surface area contributed by atoms with Crippen LogP contribution in [0.1, 0.15) is 30.7 Å². The number of rotatable bonds is 1. The maximum Gasteiger partial charge on any atom is 0.409 e. The zero-order chi connectivity index (χ0) is 15.7. The molecule has 0 radical (unpaired) electrons. The van der Waals surface area contributed by atoms with Crippen LogP contribution in [-0.2, 0) is 9.53 Å². The number of carbonyl (C=O) groups is 2. The van der Waals surface area contributed by atoms with Gasteiger partial charge in [0, 0.05) is 25.7 Å². The summed E-state index contributed by atoms with van der Waals surface area (Å²) < 4.78 is 4.79. The first kappa shape index (κ1) is 14.9. The molecule has 0 unspecified atom stereocenters. The predicted octanol–water partition coefficient (Wildman–Crippen LogP) is 2.23. The van der Waals surface area contributed by atoms with Crippen molar-refractivity contribution in [1.82, 2.24) is 9.80 Å². The Morgan fingerprint density at radius 2 is 1.86 bits per heavy atom. The number of likely N-dealkylation sites (tertiary alicyclic amines) is 2. The number of methoxy groups -OCH3 is 1. The highest BCUT2D eigenvalue weighted by atomic mass is 16.5. The lowest BCUT2D eigenvalue weighted by Crippen LogP contribution is -2.52. The molecule has 1 atom stereocenters. The Labute approximate surface area is 130 Å². The summed E-state index contributed by atoms with van der Waals surface area (Å²) in [7, 11) is 3.31. The molecule has 2 heterocycles. The Morgan fingerprint density at radius 3 is 2.45 bits per heavy atom. The van der Waals surface area contributed by atoms with Gasteiger partial charge in [-0.25, -0.2) is 4.79 Å². The Kier molecular flexibility index (Phi) is 3.81. The summed E-state index contributed by atoms with van der Waals surface area (Å²) in [5.74, 6) is 0.133. The molecule has 5 heteroatoms. The quantitative estimate of drug-likeness (QED) is 0.799. The molecule has 0 bridgehead atoms. The van der Waals surface area contributed by atoms with Gasteiger partial charge in [-0.15, -0.1) is 0 Å². The van der Waals surface area contributed by atoms with E-state index in [4.69, 9.17) is 4.74 Å². The monoisotopic (exact) mass is 302 g/mol. The number of amides is 2. The van der Waals surface area contributed by atoms with Gasteiger partial charge in [0.1, 0.15) is 0 Å². The molecule has 2 aliphatic rings. The van der Waals surface area contributed by atoms with Crippen LogP contribution in [0.25, 0.3) is 0 Å². The fraction of sp³-hybridized carbons (Fsp3) is 0.529. The van der Waals surface area contributed by atoms with E-state index in [-0.39, 0.29) is 23.5 Å². The minimum atomic E-state index is -0.276. The summed E-state index contributed by atoms with van der Waals surface area (Å²) >= 11 is 0. The number of ether oxygens (including phenoxy) is 1. The molecule has 3 rings (SSSR count). The average molecular weight is 302 g/mol. The zero-order valence-electron chi connectivity index (χ0n) is 13.1. The van der Waals surface area contributed by atoms with Gasteiger partial charge in [-0.05, 0) is 24.8 Å². The van der Waals surface area contributed by atoms with Crippen molar-refractivity contribution in [2.45, 2.75) is 30.7 Å². The summed E-state index contributed by atoms with van der Waals surface area (Å²) in [5.41, 5.74) is 0.967. The number of benzene rings is 1. The van der Waals surface area contributed by atoms with Gasteiger partial charge in [-0.1, -0.05) is 30.3 Å². The third-order valence-corrected chi connectivity index (χ3v) is 5.25. The van der Waals surface area contributed by atoms with Gasteiger partial charge >= 0.3 is 6.09 Å². The van der Waals surface area contributed by atoms with Crippen LogP contribution >= 0.6 is 0 Å². The summed E-state index contributed by atoms with van der Waals surface area (Å²) in [5, 5.41) is 0. The van der Waals surface area contributed by atoms with Crippen molar-refractivity contribution in [2.75, 3.05) is 27.2 Å². The van der Waals surface area contributed by atoms with E-state index < -0.39 is 0 Å². The average Bonchev–Trinajstić information content (AvgIpc) is 2.81. The van der Waals surface area contributed by atoms with E-state index in [0.717, 1.165) is 24.8 Å². The smallest absolute Gasteiger partial charge is 0.409 e. The van der Waals surface area contributed by atoms with E-state index in [2.05, 4.69) is 0 Å². The minimum absolute atomic E-state index is 0.0594. The lowest BCUT2D eigenvalue weighted by molar-refractivity contribution is -0.131. The molecule has 2 saturated heterocycles. The van der Waals surface area contributed by atoms with Crippen molar-refractivity contribution < 1.29 is 14.3 Å². The molecular formula is C17H22N2O3. The van der Waals surface area contributed by atoms with Crippen LogP contribution in [0.2, 0.25) is 0 Å². The van der Waals surface area contributed by atoms with Crippen LogP contribution in [0.15, 0.2) is 30.3 Å². The Morgan fingerprint density at radius 1 is 1.23 bits per heavy atom. The highest BCUT2D eigenvalue weighted by molar-refractivity contribution is 5.87. The van der Waals surface area contributed by atoms with Crippen molar-refractivity contribution in [1.29, 1.82) is 0 Å². The lowest BCUT2D eigenvalue weighted by Gasteiger charge is -2.42. The maximum atomic E-state index is 12.7. The first-order valence-electron chi connectivity index (χ1n) is 7.73. The summed E-state index contributed by atoms with van der Waals surface area (Å²) in [6, 6.07) is 9.98. The second-order valence-electron chi connectivity index (χ2n) is 6.25. The summed E-state index contributed by atoms with van der Waals surface area (Å²) in [6.07, 6.45) is 2.18. The summed E-state index contributed by atoms with van der Waals surface area (Å²) in [6.45, 7) is 1.29. The first-order chi connectivity index (χ1) is 10.6. The number of hydrogen-bond acceptors (Lipinski definition) is 3. The molecule has 0 N–H and O–H groups in total. The Balaban J connectivity index is 1.76. The fourth-order valence-electron chi connectivity index (χ4n) is 3.79. The maximum absolute atomic E-state index is 12.7. The largest absolute Gasteiger partial charge is 0.453 e. The molecule has 0 aliphatic carbocycles. The normalized spacial score (nSPS) is 23.9. The standard InChI is InChI=1S/C17H22N2O3/c1-18-15(20)14(13-6-4-3-5-7-13)12-17(18)8-10-19(11-9-17)16(21)22-2/h3-7,14H,8-12H2,1-2H3/t14-/m1/s1. The third-order valence-electron chi connectivity index (χ3n) is 5.25. The fourth-order valence-corrected chi connectivity index (χ4v) is 3.79. The molecule has 22 heavy (non-hydrogen) atoms. The van der Waals surface area contributed by atoms with Crippen molar-refractivity contribution in [2.24, 2.45) is 0 Å². The number of likely N-dealkylation sites (N-methyl/N-ethyl adjacent to an activating group) is 1. The van der Waals surface area contributed by atoms with E-state index in [1.54, 1.807) is 4.90 Å². The molecule has 2 aliphatic heterocycles. The van der Waals surface area contributed by atoms with Gasteiger partial charge in [0.2, 0.25) is 5.91 Å². The SMILES string of the molecule is COC(=O)N1CCC2(CC1)C[C@H](c1ccccc1)C(=O)N2C. The van der Waals surface area contributed by atoms with Crippen LogP contribution in [0.4, 0.5) is 4.79 Å². The molecule has 118 valence electrons. The highest BCUT2D eigenvalue weighted by Crippen LogP contribution is 2.44. The van der Waals surface area contributed by atoms with Crippen LogP contribution in [0.3, 0.4) is 0 Å². The minimum Gasteiger partial charge on any atom is -0.453 e. The topological polar surface area (TPSA) is 49.9 Å². The highest BCUT2D eigenvalue weighted by Gasteiger charge is 2.50. The van der Waals surface area contributed by atoms with Crippen molar-refractivity contribution in [3.63, 3.8) is 0 Å². The van der Waals surface area contributed by atoms with Crippen LogP contribution in [-0.4, -0.2) is 54.6 Å².